The van der Waals surface area contributed by atoms with Crippen LogP contribution in [-0.2, 0) is 0 Å². The van der Waals surface area contributed by atoms with E-state index < -0.39 is 0 Å². The highest BCUT2D eigenvalue weighted by atomic mass is 16.5. The summed E-state index contributed by atoms with van der Waals surface area (Å²) in [5.74, 6) is 0.891. The van der Waals surface area contributed by atoms with E-state index in [2.05, 4.69) is 52.0 Å². The fourth-order valence-corrected chi connectivity index (χ4v) is 2.73. The fourth-order valence-electron chi connectivity index (χ4n) is 2.73. The van der Waals surface area contributed by atoms with Gasteiger partial charge in [-0.1, -0.05) is 56.7 Å². The highest BCUT2D eigenvalue weighted by Crippen LogP contribution is 2.37. The molecule has 1 aliphatic heterocycles. The zero-order valence-electron chi connectivity index (χ0n) is 13.6. The smallest absolute Gasteiger partial charge is 0.170 e. The minimum Gasteiger partial charge on any atom is -0.489 e. The standard InChI is InChI=1S/C20H22O2/c1-13-5-7-14(8-6-13)15-9-10-18-16(11-15)17(21)12-19(22-18)20(2,3)4/h5-11,19H,12H2,1-4H3. The number of benzene rings is 2. The molecule has 0 saturated heterocycles. The lowest BCUT2D eigenvalue weighted by Crippen LogP contribution is -2.37. The normalized spacial score (nSPS) is 17.8. The number of hydrogen-bond acceptors (Lipinski definition) is 2. The van der Waals surface area contributed by atoms with Crippen molar-refractivity contribution < 1.29 is 9.53 Å². The van der Waals surface area contributed by atoms with E-state index in [1.807, 2.05) is 18.2 Å². The Morgan fingerprint density at radius 1 is 1.00 bits per heavy atom. The van der Waals surface area contributed by atoms with E-state index in [0.717, 1.165) is 11.1 Å². The first-order chi connectivity index (χ1) is 10.3. The van der Waals surface area contributed by atoms with Crippen LogP contribution in [0.1, 0.15) is 43.1 Å². The van der Waals surface area contributed by atoms with Crippen molar-refractivity contribution in [1.82, 2.24) is 0 Å². The first kappa shape index (κ1) is 14.8. The van der Waals surface area contributed by atoms with Crippen molar-refractivity contribution in [3.05, 3.63) is 53.6 Å². The van der Waals surface area contributed by atoms with Crippen LogP contribution in [0.15, 0.2) is 42.5 Å². The SMILES string of the molecule is Cc1ccc(-c2ccc3c(c2)C(=O)CC(C(C)(C)C)O3)cc1. The zero-order valence-corrected chi connectivity index (χ0v) is 13.6. The molecular weight excluding hydrogens is 272 g/mol. The lowest BCUT2D eigenvalue weighted by atomic mass is 9.83. The number of carbonyl (C=O) groups excluding carboxylic acids is 1. The summed E-state index contributed by atoms with van der Waals surface area (Å²) in [5.41, 5.74) is 4.08. The number of fused-ring (bicyclic) bond motifs is 1. The molecule has 0 amide bonds. The van der Waals surface area contributed by atoms with Gasteiger partial charge in [0.15, 0.2) is 5.78 Å². The van der Waals surface area contributed by atoms with E-state index in [9.17, 15) is 4.79 Å². The Kier molecular flexibility index (Phi) is 3.56. The van der Waals surface area contributed by atoms with Crippen molar-refractivity contribution in [3.63, 3.8) is 0 Å². The largest absolute Gasteiger partial charge is 0.489 e. The van der Waals surface area contributed by atoms with Gasteiger partial charge >= 0.3 is 0 Å². The lowest BCUT2D eigenvalue weighted by molar-refractivity contribution is 0.0545. The topological polar surface area (TPSA) is 26.3 Å². The van der Waals surface area contributed by atoms with Crippen LogP contribution in [0.25, 0.3) is 11.1 Å². The predicted molar refractivity (Wildman–Crippen MR) is 89.4 cm³/mol. The molecule has 0 aliphatic carbocycles. The molecule has 0 saturated carbocycles. The first-order valence-electron chi connectivity index (χ1n) is 7.75. The van der Waals surface area contributed by atoms with Crippen molar-refractivity contribution in [2.24, 2.45) is 5.41 Å². The summed E-state index contributed by atoms with van der Waals surface area (Å²) in [6.07, 6.45) is 0.395. The molecule has 0 bridgehead atoms. The third-order valence-corrected chi connectivity index (χ3v) is 4.27. The molecule has 114 valence electrons. The Hall–Kier alpha value is -2.09. The van der Waals surface area contributed by atoms with Gasteiger partial charge in [0.2, 0.25) is 0 Å². The van der Waals surface area contributed by atoms with E-state index in [-0.39, 0.29) is 17.3 Å². The van der Waals surface area contributed by atoms with Crippen molar-refractivity contribution >= 4 is 5.78 Å². The van der Waals surface area contributed by atoms with Gasteiger partial charge in [-0.3, -0.25) is 4.79 Å². The molecule has 1 aliphatic rings. The monoisotopic (exact) mass is 294 g/mol. The van der Waals surface area contributed by atoms with Crippen molar-refractivity contribution in [2.75, 3.05) is 0 Å². The van der Waals surface area contributed by atoms with Crippen molar-refractivity contribution in [3.8, 4) is 16.9 Å². The third kappa shape index (κ3) is 2.78. The maximum atomic E-state index is 12.5. The summed E-state index contributed by atoms with van der Waals surface area (Å²) in [6.45, 7) is 8.39. The van der Waals surface area contributed by atoms with E-state index >= 15 is 0 Å². The summed E-state index contributed by atoms with van der Waals surface area (Å²) in [7, 11) is 0. The summed E-state index contributed by atoms with van der Waals surface area (Å²) < 4.78 is 6.06. The average molecular weight is 294 g/mol. The Morgan fingerprint density at radius 2 is 1.64 bits per heavy atom. The zero-order chi connectivity index (χ0) is 15.9. The Balaban J connectivity index is 1.97. The van der Waals surface area contributed by atoms with Crippen LogP contribution in [0.3, 0.4) is 0 Å². The molecular formula is C20H22O2. The summed E-state index contributed by atoms with van der Waals surface area (Å²) in [4.78, 5) is 12.5. The van der Waals surface area contributed by atoms with Crippen LogP contribution in [0, 0.1) is 12.3 Å². The van der Waals surface area contributed by atoms with Crippen LogP contribution >= 0.6 is 0 Å². The molecule has 1 heterocycles. The second kappa shape index (κ2) is 5.28. The highest BCUT2D eigenvalue weighted by molar-refractivity contribution is 6.01. The van der Waals surface area contributed by atoms with Crippen LogP contribution in [0.4, 0.5) is 0 Å². The third-order valence-electron chi connectivity index (χ3n) is 4.27. The van der Waals surface area contributed by atoms with Crippen LogP contribution < -0.4 is 4.74 Å². The molecule has 0 radical (unpaired) electrons. The molecule has 0 aromatic heterocycles. The van der Waals surface area contributed by atoms with E-state index in [1.165, 1.54) is 5.56 Å². The van der Waals surface area contributed by atoms with Gasteiger partial charge in [-0.2, -0.15) is 0 Å². The van der Waals surface area contributed by atoms with Gasteiger partial charge in [-0.15, -0.1) is 0 Å². The average Bonchev–Trinajstić information content (AvgIpc) is 2.47. The molecule has 0 N–H and O–H groups in total. The molecule has 2 aromatic rings. The van der Waals surface area contributed by atoms with Crippen LogP contribution in [0.5, 0.6) is 5.75 Å². The number of Topliss-reactive ketones (excluding diaryl/α,β-unsaturated/α-hetero) is 1. The number of ketones is 1. The summed E-state index contributed by atoms with van der Waals surface area (Å²) >= 11 is 0. The van der Waals surface area contributed by atoms with Gasteiger partial charge < -0.3 is 4.74 Å². The summed E-state index contributed by atoms with van der Waals surface area (Å²) in [6, 6.07) is 14.3. The fraction of sp³-hybridized carbons (Fsp3) is 0.350. The van der Waals surface area contributed by atoms with Gasteiger partial charge in [0, 0.05) is 6.42 Å². The quantitative estimate of drug-likeness (QED) is 0.736. The van der Waals surface area contributed by atoms with E-state index in [0.29, 0.717) is 17.7 Å². The maximum Gasteiger partial charge on any atom is 0.170 e. The molecule has 2 nitrogen and oxygen atoms in total. The Labute approximate surface area is 132 Å². The minimum absolute atomic E-state index is 0.0387. The molecule has 22 heavy (non-hydrogen) atoms. The number of ether oxygens (including phenoxy) is 1. The molecule has 0 fully saturated rings. The van der Waals surface area contributed by atoms with Crippen molar-refractivity contribution in [2.45, 2.75) is 40.2 Å². The lowest BCUT2D eigenvalue weighted by Gasteiger charge is -2.34. The number of aryl methyl sites for hydroxylation is 1. The van der Waals surface area contributed by atoms with E-state index in [1.54, 1.807) is 0 Å². The predicted octanol–water partition coefficient (Wildman–Crippen LogP) is 5.04. The Morgan fingerprint density at radius 3 is 2.27 bits per heavy atom. The molecule has 0 spiro atoms. The van der Waals surface area contributed by atoms with Gasteiger partial charge in [0.05, 0.1) is 5.56 Å². The molecule has 1 unspecified atom stereocenters. The second-order valence-corrected chi connectivity index (χ2v) is 7.18. The van der Waals surface area contributed by atoms with Crippen LogP contribution in [0.2, 0.25) is 0 Å². The molecule has 1 atom stereocenters. The summed E-state index contributed by atoms with van der Waals surface area (Å²) in [5, 5.41) is 0. The van der Waals surface area contributed by atoms with Crippen molar-refractivity contribution in [1.29, 1.82) is 0 Å². The van der Waals surface area contributed by atoms with Gasteiger partial charge in [-0.05, 0) is 35.6 Å². The highest BCUT2D eigenvalue weighted by Gasteiger charge is 2.34. The molecule has 2 aromatic carbocycles. The maximum absolute atomic E-state index is 12.5. The number of carbonyl (C=O) groups is 1. The number of hydrogen-bond donors (Lipinski definition) is 0. The molecule has 3 rings (SSSR count). The second-order valence-electron chi connectivity index (χ2n) is 7.18. The first-order valence-corrected chi connectivity index (χ1v) is 7.75. The van der Waals surface area contributed by atoms with Gasteiger partial charge in [-0.25, -0.2) is 0 Å². The van der Waals surface area contributed by atoms with Gasteiger partial charge in [0.1, 0.15) is 11.9 Å². The van der Waals surface area contributed by atoms with Gasteiger partial charge in [0.25, 0.3) is 0 Å². The minimum atomic E-state index is -0.0577. The molecule has 2 heteroatoms. The number of rotatable bonds is 1. The van der Waals surface area contributed by atoms with E-state index in [4.69, 9.17) is 4.74 Å². The Bertz CT molecular complexity index is 705. The van der Waals surface area contributed by atoms with Crippen LogP contribution in [-0.4, -0.2) is 11.9 Å².